The standard InChI is InChI=1S/C34H35NO8/c1-34(42-20-25-16-10-5-11-17-25)30(41-19-24-14-8-4-9-15-24)27(22-39-18-23-12-6-3-7-13-23)43-31(34)29-28(33(37)38-2)26(21-40-29)32(35)36/h3-17,21,27,30-31H,18-20,22H2,1-2H3,(H2,35,36). The molecule has 1 amide bonds. The van der Waals surface area contributed by atoms with Gasteiger partial charge in [0.25, 0.3) is 5.91 Å². The van der Waals surface area contributed by atoms with Crippen LogP contribution in [0.2, 0.25) is 0 Å². The largest absolute Gasteiger partial charge is 0.465 e. The fourth-order valence-corrected chi connectivity index (χ4v) is 5.28. The number of rotatable bonds is 13. The van der Waals surface area contributed by atoms with Gasteiger partial charge in [0, 0.05) is 0 Å². The number of amides is 1. The summed E-state index contributed by atoms with van der Waals surface area (Å²) < 4.78 is 36.7. The molecule has 0 saturated carbocycles. The summed E-state index contributed by atoms with van der Waals surface area (Å²) in [7, 11) is 1.22. The predicted molar refractivity (Wildman–Crippen MR) is 157 cm³/mol. The Morgan fingerprint density at radius 3 is 1.95 bits per heavy atom. The van der Waals surface area contributed by atoms with Gasteiger partial charge in [-0.1, -0.05) is 91.0 Å². The van der Waals surface area contributed by atoms with Gasteiger partial charge in [-0.3, -0.25) is 4.79 Å². The van der Waals surface area contributed by atoms with Gasteiger partial charge in [0.05, 0.1) is 39.1 Å². The van der Waals surface area contributed by atoms with Crippen molar-refractivity contribution in [2.45, 2.75) is 50.7 Å². The quantitative estimate of drug-likeness (QED) is 0.208. The molecule has 0 spiro atoms. The second kappa shape index (κ2) is 13.8. The fourth-order valence-electron chi connectivity index (χ4n) is 5.28. The zero-order valence-corrected chi connectivity index (χ0v) is 24.1. The second-order valence-electron chi connectivity index (χ2n) is 10.5. The van der Waals surface area contributed by atoms with Gasteiger partial charge in [0.2, 0.25) is 0 Å². The second-order valence-corrected chi connectivity index (χ2v) is 10.5. The lowest BCUT2D eigenvalue weighted by atomic mass is 9.89. The average molecular weight is 586 g/mol. The van der Waals surface area contributed by atoms with Crippen molar-refractivity contribution in [2.24, 2.45) is 5.73 Å². The number of methoxy groups -OCH3 is 1. The van der Waals surface area contributed by atoms with Crippen LogP contribution in [0.4, 0.5) is 0 Å². The van der Waals surface area contributed by atoms with Crippen molar-refractivity contribution in [1.82, 2.24) is 0 Å². The van der Waals surface area contributed by atoms with Crippen LogP contribution in [-0.4, -0.2) is 43.4 Å². The lowest BCUT2D eigenvalue weighted by Gasteiger charge is -2.35. The van der Waals surface area contributed by atoms with Gasteiger partial charge in [-0.15, -0.1) is 0 Å². The van der Waals surface area contributed by atoms with Crippen molar-refractivity contribution >= 4 is 11.9 Å². The van der Waals surface area contributed by atoms with Gasteiger partial charge in [-0.05, 0) is 23.6 Å². The van der Waals surface area contributed by atoms with E-state index in [-0.39, 0.29) is 36.7 Å². The molecule has 3 aromatic carbocycles. The zero-order valence-electron chi connectivity index (χ0n) is 24.1. The maximum atomic E-state index is 12.9. The average Bonchev–Trinajstić information content (AvgIpc) is 3.59. The third-order valence-electron chi connectivity index (χ3n) is 7.51. The highest BCUT2D eigenvalue weighted by molar-refractivity contribution is 6.05. The number of furan rings is 1. The topological polar surface area (TPSA) is 119 Å². The van der Waals surface area contributed by atoms with Gasteiger partial charge >= 0.3 is 5.97 Å². The van der Waals surface area contributed by atoms with E-state index in [1.807, 2.05) is 97.9 Å². The summed E-state index contributed by atoms with van der Waals surface area (Å²) in [6, 6.07) is 29.2. The van der Waals surface area contributed by atoms with Gasteiger partial charge in [-0.2, -0.15) is 0 Å². The zero-order chi connectivity index (χ0) is 30.2. The molecule has 4 aromatic rings. The molecule has 0 radical (unpaired) electrons. The van der Waals surface area contributed by atoms with Crippen molar-refractivity contribution in [2.75, 3.05) is 13.7 Å². The van der Waals surface area contributed by atoms with Crippen molar-refractivity contribution in [1.29, 1.82) is 0 Å². The molecule has 0 bridgehead atoms. The number of ether oxygens (including phenoxy) is 5. The van der Waals surface area contributed by atoms with Gasteiger partial charge < -0.3 is 33.8 Å². The molecule has 1 fully saturated rings. The molecule has 1 saturated heterocycles. The Hall–Kier alpha value is -4.28. The van der Waals surface area contributed by atoms with E-state index in [1.54, 1.807) is 0 Å². The first-order chi connectivity index (χ1) is 20.9. The molecule has 1 aromatic heterocycles. The Bertz CT molecular complexity index is 1490. The van der Waals surface area contributed by atoms with Crippen LogP contribution in [0.3, 0.4) is 0 Å². The van der Waals surface area contributed by atoms with E-state index in [2.05, 4.69) is 0 Å². The summed E-state index contributed by atoms with van der Waals surface area (Å²) in [6.07, 6.45) is -1.15. The van der Waals surface area contributed by atoms with Crippen LogP contribution in [0.25, 0.3) is 0 Å². The van der Waals surface area contributed by atoms with Gasteiger partial charge in [-0.25, -0.2) is 4.79 Å². The fraction of sp³-hybridized carbons (Fsp3) is 0.294. The maximum absolute atomic E-state index is 12.9. The summed E-state index contributed by atoms with van der Waals surface area (Å²) in [5, 5.41) is 0. The number of carbonyl (C=O) groups excluding carboxylic acids is 2. The smallest absolute Gasteiger partial charge is 0.342 e. The van der Waals surface area contributed by atoms with Gasteiger partial charge in [0.1, 0.15) is 35.7 Å². The molecule has 1 aliphatic rings. The first-order valence-electron chi connectivity index (χ1n) is 14.0. The molecule has 2 N–H and O–H groups in total. The van der Waals surface area contributed by atoms with E-state index < -0.39 is 35.8 Å². The lowest BCUT2D eigenvalue weighted by Crippen LogP contribution is -2.47. The summed E-state index contributed by atoms with van der Waals surface area (Å²) in [5.74, 6) is -1.55. The molecule has 5 rings (SSSR count). The third-order valence-corrected chi connectivity index (χ3v) is 7.51. The molecule has 2 heterocycles. The van der Waals surface area contributed by atoms with Crippen LogP contribution in [0.1, 0.15) is 56.2 Å². The molecule has 43 heavy (non-hydrogen) atoms. The molecule has 9 heteroatoms. The van der Waals surface area contributed by atoms with Crippen molar-refractivity contribution in [3.8, 4) is 0 Å². The highest BCUT2D eigenvalue weighted by atomic mass is 16.6. The number of primary amides is 1. The summed E-state index contributed by atoms with van der Waals surface area (Å²) in [6.45, 7) is 2.86. The Labute approximate surface area is 250 Å². The first-order valence-corrected chi connectivity index (χ1v) is 14.0. The molecule has 9 nitrogen and oxygen atoms in total. The van der Waals surface area contributed by atoms with E-state index >= 15 is 0 Å². The van der Waals surface area contributed by atoms with Crippen LogP contribution < -0.4 is 5.73 Å². The van der Waals surface area contributed by atoms with Crippen LogP contribution in [0.5, 0.6) is 0 Å². The third kappa shape index (κ3) is 6.87. The molecular weight excluding hydrogens is 550 g/mol. The van der Waals surface area contributed by atoms with Gasteiger partial charge in [0.15, 0.2) is 5.76 Å². The number of hydrogen-bond donors (Lipinski definition) is 1. The highest BCUT2D eigenvalue weighted by Crippen LogP contribution is 2.48. The van der Waals surface area contributed by atoms with Crippen molar-refractivity contribution in [3.05, 3.63) is 131 Å². The van der Waals surface area contributed by atoms with Crippen molar-refractivity contribution < 1.29 is 37.7 Å². The number of benzene rings is 3. The molecule has 4 atom stereocenters. The van der Waals surface area contributed by atoms with E-state index in [9.17, 15) is 9.59 Å². The first kappa shape index (κ1) is 30.2. The minimum absolute atomic E-state index is 0.0649. The molecule has 0 aliphatic carbocycles. The van der Waals surface area contributed by atoms with Crippen LogP contribution in [0.15, 0.2) is 102 Å². The molecule has 4 unspecified atom stereocenters. The SMILES string of the molecule is COC(=O)c1c(C(N)=O)coc1C1OC(COCc2ccccc2)C(OCc2ccccc2)C1(C)OCc1ccccc1. The lowest BCUT2D eigenvalue weighted by molar-refractivity contribution is -0.150. The molecular formula is C34H35NO8. The number of esters is 1. The number of carbonyl (C=O) groups is 2. The molecule has 224 valence electrons. The van der Waals surface area contributed by atoms with Crippen molar-refractivity contribution in [3.63, 3.8) is 0 Å². The van der Waals surface area contributed by atoms with E-state index in [4.69, 9.17) is 33.8 Å². The van der Waals surface area contributed by atoms with Crippen LogP contribution in [0, 0.1) is 0 Å². The van der Waals surface area contributed by atoms with Crippen LogP contribution in [-0.2, 0) is 43.5 Å². The summed E-state index contributed by atoms with van der Waals surface area (Å²) >= 11 is 0. The summed E-state index contributed by atoms with van der Waals surface area (Å²) in [5.41, 5.74) is 7.06. The Morgan fingerprint density at radius 1 is 0.837 bits per heavy atom. The number of nitrogens with two attached hydrogens (primary N) is 1. The van der Waals surface area contributed by atoms with E-state index in [0.29, 0.717) is 6.61 Å². The maximum Gasteiger partial charge on any atom is 0.342 e. The highest BCUT2D eigenvalue weighted by Gasteiger charge is 2.58. The normalized spacial score (nSPS) is 21.5. The minimum atomic E-state index is -1.21. The van der Waals surface area contributed by atoms with Crippen LogP contribution >= 0.6 is 0 Å². The Morgan fingerprint density at radius 2 is 1.40 bits per heavy atom. The Kier molecular flexibility index (Phi) is 9.68. The van der Waals surface area contributed by atoms with E-state index in [0.717, 1.165) is 23.0 Å². The summed E-state index contributed by atoms with van der Waals surface area (Å²) in [4.78, 5) is 25.2. The predicted octanol–water partition coefficient (Wildman–Crippen LogP) is 5.38. The van der Waals surface area contributed by atoms with E-state index in [1.165, 1.54) is 7.11 Å². The molecule has 1 aliphatic heterocycles. The Balaban J connectivity index is 1.52. The number of hydrogen-bond acceptors (Lipinski definition) is 8. The monoisotopic (exact) mass is 585 g/mol. The minimum Gasteiger partial charge on any atom is -0.465 e.